The molecule has 1 unspecified atom stereocenters. The molecule has 1 aliphatic heterocycles. The smallest absolute Gasteiger partial charge is 0.253 e. The van der Waals surface area contributed by atoms with E-state index in [-0.39, 0.29) is 12.0 Å². The third kappa shape index (κ3) is 3.58. The van der Waals surface area contributed by atoms with Gasteiger partial charge in [-0.1, -0.05) is 13.0 Å². The predicted octanol–water partition coefficient (Wildman–Crippen LogP) is 2.59. The fourth-order valence-electron chi connectivity index (χ4n) is 2.45. The Morgan fingerprint density at radius 2 is 2.40 bits per heavy atom. The van der Waals surface area contributed by atoms with Gasteiger partial charge in [0.25, 0.3) is 5.91 Å². The second-order valence-electron chi connectivity index (χ2n) is 5.08. The van der Waals surface area contributed by atoms with Crippen LogP contribution in [0.2, 0.25) is 0 Å². The van der Waals surface area contributed by atoms with Crippen molar-refractivity contribution in [1.29, 1.82) is 5.26 Å². The molecule has 1 aromatic carbocycles. The molecular formula is C16H20N2O2. The first-order chi connectivity index (χ1) is 9.74. The monoisotopic (exact) mass is 272 g/mol. The van der Waals surface area contributed by atoms with Gasteiger partial charge in [-0.25, -0.2) is 0 Å². The van der Waals surface area contributed by atoms with Crippen molar-refractivity contribution in [3.05, 3.63) is 35.4 Å². The first-order valence-corrected chi connectivity index (χ1v) is 7.15. The molecule has 20 heavy (non-hydrogen) atoms. The SMILES string of the molecule is CCCOC1CCCN(C(=O)c2cccc(C#N)c2)C1. The number of amides is 1. The van der Waals surface area contributed by atoms with Gasteiger partial charge in [0.15, 0.2) is 0 Å². The van der Waals surface area contributed by atoms with Crippen LogP contribution in [-0.2, 0) is 4.74 Å². The largest absolute Gasteiger partial charge is 0.376 e. The van der Waals surface area contributed by atoms with Crippen molar-refractivity contribution < 1.29 is 9.53 Å². The van der Waals surface area contributed by atoms with E-state index in [0.717, 1.165) is 32.4 Å². The Balaban J connectivity index is 2.02. The molecule has 0 radical (unpaired) electrons. The Hall–Kier alpha value is -1.86. The summed E-state index contributed by atoms with van der Waals surface area (Å²) in [5.74, 6) is -0.00750. The summed E-state index contributed by atoms with van der Waals surface area (Å²) in [5.41, 5.74) is 1.10. The summed E-state index contributed by atoms with van der Waals surface area (Å²) < 4.78 is 5.75. The molecule has 1 heterocycles. The molecule has 0 spiro atoms. The van der Waals surface area contributed by atoms with Gasteiger partial charge < -0.3 is 9.64 Å². The van der Waals surface area contributed by atoms with Crippen molar-refractivity contribution in [2.45, 2.75) is 32.3 Å². The van der Waals surface area contributed by atoms with Gasteiger partial charge in [0, 0.05) is 25.3 Å². The van der Waals surface area contributed by atoms with Crippen LogP contribution in [0.1, 0.15) is 42.1 Å². The third-order valence-corrected chi connectivity index (χ3v) is 3.46. The Bertz CT molecular complexity index is 507. The molecular weight excluding hydrogens is 252 g/mol. The van der Waals surface area contributed by atoms with Crippen LogP contribution in [0.3, 0.4) is 0 Å². The van der Waals surface area contributed by atoms with Crippen LogP contribution in [0.4, 0.5) is 0 Å². The molecule has 0 bridgehead atoms. The predicted molar refractivity (Wildman–Crippen MR) is 76.3 cm³/mol. The lowest BCUT2D eigenvalue weighted by Crippen LogP contribution is -2.43. The Morgan fingerprint density at radius 1 is 1.55 bits per heavy atom. The lowest BCUT2D eigenvalue weighted by molar-refractivity contribution is 0.00211. The fraction of sp³-hybridized carbons (Fsp3) is 0.500. The first kappa shape index (κ1) is 14.5. The van der Waals surface area contributed by atoms with Crippen molar-refractivity contribution in [3.8, 4) is 6.07 Å². The molecule has 0 aliphatic carbocycles. The van der Waals surface area contributed by atoms with E-state index >= 15 is 0 Å². The van der Waals surface area contributed by atoms with E-state index in [4.69, 9.17) is 10.00 Å². The van der Waals surface area contributed by atoms with E-state index in [1.165, 1.54) is 0 Å². The molecule has 0 aromatic heterocycles. The van der Waals surface area contributed by atoms with E-state index in [1.807, 2.05) is 4.90 Å². The maximum absolute atomic E-state index is 12.4. The summed E-state index contributed by atoms with van der Waals surface area (Å²) >= 11 is 0. The zero-order chi connectivity index (χ0) is 14.4. The molecule has 0 saturated carbocycles. The third-order valence-electron chi connectivity index (χ3n) is 3.46. The molecule has 106 valence electrons. The number of nitriles is 1. The number of piperidine rings is 1. The highest BCUT2D eigenvalue weighted by atomic mass is 16.5. The van der Waals surface area contributed by atoms with Crippen molar-refractivity contribution in [1.82, 2.24) is 4.90 Å². The molecule has 1 amide bonds. The second kappa shape index (κ2) is 7.06. The van der Waals surface area contributed by atoms with E-state index in [0.29, 0.717) is 17.7 Å². The summed E-state index contributed by atoms with van der Waals surface area (Å²) in [6.45, 7) is 4.24. The Labute approximate surface area is 120 Å². The summed E-state index contributed by atoms with van der Waals surface area (Å²) in [4.78, 5) is 14.3. The molecule has 1 atom stereocenters. The van der Waals surface area contributed by atoms with Crippen LogP contribution < -0.4 is 0 Å². The highest BCUT2D eigenvalue weighted by Crippen LogP contribution is 2.17. The number of likely N-dealkylation sites (tertiary alicyclic amines) is 1. The molecule has 1 aliphatic rings. The molecule has 1 fully saturated rings. The van der Waals surface area contributed by atoms with Crippen molar-refractivity contribution >= 4 is 5.91 Å². The first-order valence-electron chi connectivity index (χ1n) is 7.15. The number of ether oxygens (including phenoxy) is 1. The molecule has 0 N–H and O–H groups in total. The van der Waals surface area contributed by atoms with Crippen molar-refractivity contribution in [2.24, 2.45) is 0 Å². The summed E-state index contributed by atoms with van der Waals surface area (Å²) in [7, 11) is 0. The lowest BCUT2D eigenvalue weighted by atomic mass is 10.1. The van der Waals surface area contributed by atoms with Crippen LogP contribution in [0.5, 0.6) is 0 Å². The number of nitrogens with zero attached hydrogens (tertiary/aromatic N) is 2. The number of hydrogen-bond acceptors (Lipinski definition) is 3. The number of benzene rings is 1. The Kier molecular flexibility index (Phi) is 5.14. The maximum atomic E-state index is 12.4. The summed E-state index contributed by atoms with van der Waals surface area (Å²) in [6.07, 6.45) is 3.13. The average molecular weight is 272 g/mol. The van der Waals surface area contributed by atoms with Crippen molar-refractivity contribution in [2.75, 3.05) is 19.7 Å². The molecule has 4 nitrogen and oxygen atoms in total. The lowest BCUT2D eigenvalue weighted by Gasteiger charge is -2.32. The number of carbonyl (C=O) groups excluding carboxylic acids is 1. The van der Waals surface area contributed by atoms with Crippen molar-refractivity contribution in [3.63, 3.8) is 0 Å². The molecule has 1 aromatic rings. The zero-order valence-corrected chi connectivity index (χ0v) is 11.8. The van der Waals surface area contributed by atoms with Crippen LogP contribution in [-0.4, -0.2) is 36.6 Å². The minimum Gasteiger partial charge on any atom is -0.376 e. The molecule has 4 heteroatoms. The Morgan fingerprint density at radius 3 is 3.15 bits per heavy atom. The van der Waals surface area contributed by atoms with E-state index in [9.17, 15) is 4.79 Å². The van der Waals surface area contributed by atoms with Gasteiger partial charge >= 0.3 is 0 Å². The fourth-order valence-corrected chi connectivity index (χ4v) is 2.45. The maximum Gasteiger partial charge on any atom is 0.253 e. The number of hydrogen-bond donors (Lipinski definition) is 0. The average Bonchev–Trinajstić information content (AvgIpc) is 2.52. The normalized spacial score (nSPS) is 18.6. The molecule has 2 rings (SSSR count). The topological polar surface area (TPSA) is 53.3 Å². The van der Waals surface area contributed by atoms with E-state index < -0.39 is 0 Å². The molecule has 1 saturated heterocycles. The summed E-state index contributed by atoms with van der Waals surface area (Å²) in [6, 6.07) is 8.94. The minimum absolute atomic E-state index is 0.00750. The highest BCUT2D eigenvalue weighted by molar-refractivity contribution is 5.94. The number of carbonyl (C=O) groups is 1. The van der Waals surface area contributed by atoms with Gasteiger partial charge in [0.2, 0.25) is 0 Å². The van der Waals surface area contributed by atoms with E-state index in [1.54, 1.807) is 24.3 Å². The van der Waals surface area contributed by atoms with Crippen LogP contribution in [0.15, 0.2) is 24.3 Å². The quantitative estimate of drug-likeness (QED) is 0.846. The highest BCUT2D eigenvalue weighted by Gasteiger charge is 2.24. The van der Waals surface area contributed by atoms with Gasteiger partial charge in [0.05, 0.1) is 17.7 Å². The van der Waals surface area contributed by atoms with Gasteiger partial charge in [-0.3, -0.25) is 4.79 Å². The summed E-state index contributed by atoms with van der Waals surface area (Å²) in [5, 5.41) is 8.90. The zero-order valence-electron chi connectivity index (χ0n) is 11.8. The number of rotatable bonds is 4. The van der Waals surface area contributed by atoms with Gasteiger partial charge in [-0.2, -0.15) is 5.26 Å². The van der Waals surface area contributed by atoms with Gasteiger partial charge in [-0.05, 0) is 37.5 Å². The van der Waals surface area contributed by atoms with E-state index in [2.05, 4.69) is 13.0 Å². The van der Waals surface area contributed by atoms with Gasteiger partial charge in [0.1, 0.15) is 0 Å². The van der Waals surface area contributed by atoms with Crippen LogP contribution in [0.25, 0.3) is 0 Å². The minimum atomic E-state index is -0.00750. The van der Waals surface area contributed by atoms with Crippen LogP contribution >= 0.6 is 0 Å². The second-order valence-corrected chi connectivity index (χ2v) is 5.08. The standard InChI is InChI=1S/C16H20N2O2/c1-2-9-20-15-7-4-8-18(12-15)16(19)14-6-3-5-13(10-14)11-17/h3,5-6,10,15H,2,4,7-9,12H2,1H3. The van der Waals surface area contributed by atoms with Gasteiger partial charge in [-0.15, -0.1) is 0 Å². The van der Waals surface area contributed by atoms with Crippen LogP contribution in [0, 0.1) is 11.3 Å².